The summed E-state index contributed by atoms with van der Waals surface area (Å²) in [5.41, 5.74) is 0. The molecule has 0 aromatic heterocycles. The van der Waals surface area contributed by atoms with Crippen molar-refractivity contribution in [2.75, 3.05) is 6.23 Å². The lowest BCUT2D eigenvalue weighted by molar-refractivity contribution is 0.187. The van der Waals surface area contributed by atoms with E-state index in [4.69, 9.17) is 4.84 Å². The fourth-order valence-electron chi connectivity index (χ4n) is 0.465. The van der Waals surface area contributed by atoms with E-state index in [1.807, 2.05) is 6.21 Å². The Morgan fingerprint density at radius 3 is 2.45 bits per heavy atom. The van der Waals surface area contributed by atoms with Crippen LogP contribution in [0, 0.1) is 0 Å². The minimum atomic E-state index is -1.05. The molecule has 3 heteroatoms. The van der Waals surface area contributed by atoms with E-state index in [0.717, 1.165) is 19.1 Å². The first-order valence-electron chi connectivity index (χ1n) is 4.20. The summed E-state index contributed by atoms with van der Waals surface area (Å²) in [6, 6.07) is 0. The monoisotopic (exact) mass is 173 g/mol. The van der Waals surface area contributed by atoms with Gasteiger partial charge in [0.05, 0.1) is 8.07 Å². The fraction of sp³-hybridized carbons (Fsp3) is 0.875. The van der Waals surface area contributed by atoms with Crippen LogP contribution < -0.4 is 0 Å². The highest BCUT2D eigenvalue weighted by atomic mass is 28.3. The van der Waals surface area contributed by atoms with Gasteiger partial charge >= 0.3 is 0 Å². The second-order valence-corrected chi connectivity index (χ2v) is 9.32. The van der Waals surface area contributed by atoms with E-state index in [1.165, 1.54) is 0 Å². The zero-order chi connectivity index (χ0) is 8.74. The standard InChI is InChI=1S/C8H19NOSi/c1-5-6-7-9-10-8-11(2,3)4/h7H,5-6,8H2,1-4H3/b9-7-. The molecule has 66 valence electrons. The van der Waals surface area contributed by atoms with Gasteiger partial charge in [-0.15, -0.1) is 0 Å². The molecule has 0 bridgehead atoms. The smallest absolute Gasteiger partial charge is 0.104 e. The van der Waals surface area contributed by atoms with Gasteiger partial charge in [0, 0.05) is 6.21 Å². The maximum absolute atomic E-state index is 5.13. The van der Waals surface area contributed by atoms with Gasteiger partial charge in [0.1, 0.15) is 6.23 Å². The Balaban J connectivity index is 3.27. The first-order chi connectivity index (χ1) is 5.06. The highest BCUT2D eigenvalue weighted by Gasteiger charge is 2.13. The van der Waals surface area contributed by atoms with E-state index in [9.17, 15) is 0 Å². The zero-order valence-corrected chi connectivity index (χ0v) is 9.05. The average Bonchev–Trinajstić information content (AvgIpc) is 1.85. The van der Waals surface area contributed by atoms with Gasteiger partial charge in [0.15, 0.2) is 0 Å². The molecule has 0 atom stereocenters. The molecule has 0 fully saturated rings. The number of nitrogens with zero attached hydrogens (tertiary/aromatic N) is 1. The second-order valence-electron chi connectivity index (χ2n) is 3.91. The van der Waals surface area contributed by atoms with Gasteiger partial charge in [-0.25, -0.2) is 0 Å². The van der Waals surface area contributed by atoms with Crippen molar-refractivity contribution in [3.05, 3.63) is 0 Å². The first-order valence-corrected chi connectivity index (χ1v) is 7.91. The van der Waals surface area contributed by atoms with Crippen molar-refractivity contribution < 1.29 is 4.84 Å². The molecule has 0 aromatic carbocycles. The van der Waals surface area contributed by atoms with E-state index in [1.54, 1.807) is 0 Å². The Bertz CT molecular complexity index is 118. The van der Waals surface area contributed by atoms with E-state index < -0.39 is 8.07 Å². The Labute approximate surface area is 70.6 Å². The summed E-state index contributed by atoms with van der Waals surface area (Å²) in [6.07, 6.45) is 4.83. The molecule has 0 unspecified atom stereocenters. The lowest BCUT2D eigenvalue weighted by atomic mass is 10.4. The van der Waals surface area contributed by atoms with Crippen LogP contribution >= 0.6 is 0 Å². The number of rotatable bonds is 5. The van der Waals surface area contributed by atoms with Crippen molar-refractivity contribution >= 4 is 14.3 Å². The van der Waals surface area contributed by atoms with Crippen LogP contribution in [0.25, 0.3) is 0 Å². The highest BCUT2D eigenvalue weighted by molar-refractivity contribution is 6.76. The Hall–Kier alpha value is -0.313. The summed E-state index contributed by atoms with van der Waals surface area (Å²) < 4.78 is 0. The van der Waals surface area contributed by atoms with Gasteiger partial charge in [-0.2, -0.15) is 0 Å². The molecule has 0 aliphatic rings. The summed E-state index contributed by atoms with van der Waals surface area (Å²) in [7, 11) is -1.05. The molecule has 0 spiro atoms. The second kappa shape index (κ2) is 5.35. The fourth-order valence-corrected chi connectivity index (χ4v) is 0.927. The largest absolute Gasteiger partial charge is 0.400 e. The minimum absolute atomic E-state index is 0.827. The Morgan fingerprint density at radius 1 is 1.36 bits per heavy atom. The van der Waals surface area contributed by atoms with Crippen LogP contribution in [0.3, 0.4) is 0 Å². The Kier molecular flexibility index (Phi) is 5.20. The topological polar surface area (TPSA) is 21.6 Å². The molecule has 2 nitrogen and oxygen atoms in total. The predicted octanol–water partition coefficient (Wildman–Crippen LogP) is 2.67. The van der Waals surface area contributed by atoms with Crippen LogP contribution in [0.1, 0.15) is 19.8 Å². The van der Waals surface area contributed by atoms with Crippen LogP contribution in [0.15, 0.2) is 5.16 Å². The molecule has 0 amide bonds. The van der Waals surface area contributed by atoms with Crippen molar-refractivity contribution in [3.63, 3.8) is 0 Å². The van der Waals surface area contributed by atoms with E-state index in [2.05, 4.69) is 31.7 Å². The van der Waals surface area contributed by atoms with Crippen LogP contribution in [0.5, 0.6) is 0 Å². The summed E-state index contributed by atoms with van der Waals surface area (Å²) in [5, 5.41) is 3.86. The molecule has 0 aliphatic carbocycles. The van der Waals surface area contributed by atoms with Crippen molar-refractivity contribution in [3.8, 4) is 0 Å². The number of hydrogen-bond acceptors (Lipinski definition) is 2. The van der Waals surface area contributed by atoms with Crippen LogP contribution in [0.4, 0.5) is 0 Å². The van der Waals surface area contributed by atoms with Gasteiger partial charge < -0.3 is 4.84 Å². The maximum atomic E-state index is 5.13. The number of unbranched alkanes of at least 4 members (excludes halogenated alkanes) is 1. The quantitative estimate of drug-likeness (QED) is 0.356. The zero-order valence-electron chi connectivity index (χ0n) is 8.05. The predicted molar refractivity (Wildman–Crippen MR) is 52.7 cm³/mol. The third-order valence-electron chi connectivity index (χ3n) is 1.06. The molecule has 0 saturated carbocycles. The van der Waals surface area contributed by atoms with E-state index in [-0.39, 0.29) is 0 Å². The van der Waals surface area contributed by atoms with Gasteiger partial charge in [-0.3, -0.25) is 0 Å². The lowest BCUT2D eigenvalue weighted by Crippen LogP contribution is -2.26. The SMILES string of the molecule is CCC/C=N\OC[Si](C)(C)C. The van der Waals surface area contributed by atoms with Gasteiger partial charge in [0.25, 0.3) is 0 Å². The molecule has 0 rings (SSSR count). The highest BCUT2D eigenvalue weighted by Crippen LogP contribution is 2.00. The van der Waals surface area contributed by atoms with Crippen molar-refractivity contribution in [1.29, 1.82) is 0 Å². The maximum Gasteiger partial charge on any atom is 0.104 e. The summed E-state index contributed by atoms with van der Waals surface area (Å²) >= 11 is 0. The summed E-state index contributed by atoms with van der Waals surface area (Å²) in [5.74, 6) is 0. The minimum Gasteiger partial charge on any atom is -0.400 e. The molecular formula is C8H19NOSi. The molecule has 0 aliphatic heterocycles. The van der Waals surface area contributed by atoms with Gasteiger partial charge in [-0.1, -0.05) is 38.1 Å². The normalized spacial score (nSPS) is 12.4. The first kappa shape index (κ1) is 10.7. The van der Waals surface area contributed by atoms with E-state index in [0.29, 0.717) is 0 Å². The lowest BCUT2D eigenvalue weighted by Gasteiger charge is -2.12. The molecule has 0 radical (unpaired) electrons. The van der Waals surface area contributed by atoms with Crippen molar-refractivity contribution in [1.82, 2.24) is 0 Å². The average molecular weight is 173 g/mol. The van der Waals surface area contributed by atoms with Crippen molar-refractivity contribution in [2.45, 2.75) is 39.4 Å². The molecule has 0 saturated heterocycles. The van der Waals surface area contributed by atoms with E-state index >= 15 is 0 Å². The number of hydrogen-bond donors (Lipinski definition) is 0. The van der Waals surface area contributed by atoms with Gasteiger partial charge in [-0.05, 0) is 6.42 Å². The molecular weight excluding hydrogens is 154 g/mol. The molecule has 0 heterocycles. The third-order valence-corrected chi connectivity index (χ3v) is 2.06. The molecule has 0 aromatic rings. The summed E-state index contributed by atoms with van der Waals surface area (Å²) in [6.45, 7) is 8.93. The van der Waals surface area contributed by atoms with Crippen LogP contribution in [-0.4, -0.2) is 20.5 Å². The number of oxime groups is 1. The third kappa shape index (κ3) is 9.69. The van der Waals surface area contributed by atoms with Crippen LogP contribution in [0.2, 0.25) is 19.6 Å². The van der Waals surface area contributed by atoms with Crippen molar-refractivity contribution in [2.24, 2.45) is 5.16 Å². The molecule has 11 heavy (non-hydrogen) atoms. The van der Waals surface area contributed by atoms with Gasteiger partial charge in [0.2, 0.25) is 0 Å². The summed E-state index contributed by atoms with van der Waals surface area (Å²) in [4.78, 5) is 5.13. The Morgan fingerprint density at radius 2 is 2.00 bits per heavy atom. The molecule has 0 N–H and O–H groups in total. The van der Waals surface area contributed by atoms with Crippen LogP contribution in [-0.2, 0) is 4.84 Å².